The van der Waals surface area contributed by atoms with Gasteiger partial charge in [-0.2, -0.15) is 0 Å². The molecule has 0 saturated carbocycles. The van der Waals surface area contributed by atoms with E-state index in [1.165, 1.54) is 11.6 Å². The third-order valence-electron chi connectivity index (χ3n) is 3.01. The smallest absolute Gasteiger partial charge is 0.127 e. The molecule has 0 saturated heterocycles. The molecule has 100 valence electrons. The third-order valence-corrected chi connectivity index (χ3v) is 3.01. The fourth-order valence-corrected chi connectivity index (χ4v) is 2.00. The Morgan fingerprint density at radius 2 is 1.47 bits per heavy atom. The molecule has 2 aromatic carbocycles. The molecule has 19 heavy (non-hydrogen) atoms. The number of ether oxygens (including phenoxy) is 1. The van der Waals surface area contributed by atoms with Crippen LogP contribution in [0.1, 0.15) is 16.7 Å². The molecule has 0 amide bonds. The molecule has 3 heteroatoms. The van der Waals surface area contributed by atoms with E-state index < -0.39 is 0 Å². The SMILES string of the molecule is COCc1ccccc1CNCc1ccccc1F. The van der Waals surface area contributed by atoms with Gasteiger partial charge in [-0.15, -0.1) is 0 Å². The van der Waals surface area contributed by atoms with Crippen molar-refractivity contribution >= 4 is 0 Å². The van der Waals surface area contributed by atoms with Gasteiger partial charge in [0.1, 0.15) is 5.82 Å². The van der Waals surface area contributed by atoms with Gasteiger partial charge >= 0.3 is 0 Å². The Morgan fingerprint density at radius 1 is 0.895 bits per heavy atom. The van der Waals surface area contributed by atoms with E-state index in [1.807, 2.05) is 24.3 Å². The first-order chi connectivity index (χ1) is 9.31. The highest BCUT2D eigenvalue weighted by Gasteiger charge is 2.03. The van der Waals surface area contributed by atoms with Gasteiger partial charge in [-0.1, -0.05) is 42.5 Å². The number of methoxy groups -OCH3 is 1. The quantitative estimate of drug-likeness (QED) is 0.859. The first kappa shape index (κ1) is 13.7. The lowest BCUT2D eigenvalue weighted by Crippen LogP contribution is -2.15. The zero-order valence-corrected chi connectivity index (χ0v) is 11.0. The number of hydrogen-bond donors (Lipinski definition) is 1. The monoisotopic (exact) mass is 259 g/mol. The topological polar surface area (TPSA) is 21.3 Å². The molecule has 0 unspecified atom stereocenters. The van der Waals surface area contributed by atoms with Crippen LogP contribution in [0.2, 0.25) is 0 Å². The van der Waals surface area contributed by atoms with E-state index in [4.69, 9.17) is 4.74 Å². The molecular weight excluding hydrogens is 241 g/mol. The van der Waals surface area contributed by atoms with Crippen molar-refractivity contribution in [2.24, 2.45) is 0 Å². The number of rotatable bonds is 6. The average Bonchev–Trinajstić information content (AvgIpc) is 2.43. The number of nitrogens with one attached hydrogen (secondary N) is 1. The van der Waals surface area contributed by atoms with E-state index in [0.29, 0.717) is 25.3 Å². The summed E-state index contributed by atoms with van der Waals surface area (Å²) >= 11 is 0. The molecule has 0 aliphatic carbocycles. The van der Waals surface area contributed by atoms with Gasteiger partial charge in [0.15, 0.2) is 0 Å². The van der Waals surface area contributed by atoms with Crippen LogP contribution in [0.5, 0.6) is 0 Å². The third kappa shape index (κ3) is 3.88. The van der Waals surface area contributed by atoms with Crippen LogP contribution in [0, 0.1) is 5.82 Å². The van der Waals surface area contributed by atoms with Gasteiger partial charge in [0.2, 0.25) is 0 Å². The summed E-state index contributed by atoms with van der Waals surface area (Å²) in [5.41, 5.74) is 3.03. The van der Waals surface area contributed by atoms with Crippen LogP contribution in [-0.2, 0) is 24.4 Å². The molecule has 0 aliphatic heterocycles. The Balaban J connectivity index is 1.94. The summed E-state index contributed by atoms with van der Waals surface area (Å²) in [6, 6.07) is 14.9. The molecule has 2 rings (SSSR count). The highest BCUT2D eigenvalue weighted by atomic mass is 19.1. The minimum atomic E-state index is -0.167. The van der Waals surface area contributed by atoms with Crippen LogP contribution in [0.25, 0.3) is 0 Å². The molecule has 0 fully saturated rings. The van der Waals surface area contributed by atoms with Crippen molar-refractivity contribution in [2.75, 3.05) is 7.11 Å². The predicted octanol–water partition coefficient (Wildman–Crippen LogP) is 3.26. The lowest BCUT2D eigenvalue weighted by molar-refractivity contribution is 0.184. The van der Waals surface area contributed by atoms with E-state index in [9.17, 15) is 4.39 Å². The zero-order chi connectivity index (χ0) is 13.5. The van der Waals surface area contributed by atoms with Crippen molar-refractivity contribution in [3.8, 4) is 0 Å². The van der Waals surface area contributed by atoms with Gasteiger partial charge in [0.05, 0.1) is 6.61 Å². The maximum Gasteiger partial charge on any atom is 0.127 e. The molecule has 0 radical (unpaired) electrons. The zero-order valence-electron chi connectivity index (χ0n) is 11.0. The fraction of sp³-hybridized carbons (Fsp3) is 0.250. The molecule has 0 aromatic heterocycles. The van der Waals surface area contributed by atoms with E-state index in [2.05, 4.69) is 11.4 Å². The van der Waals surface area contributed by atoms with E-state index in [1.54, 1.807) is 19.2 Å². The van der Waals surface area contributed by atoms with Crippen LogP contribution in [0.15, 0.2) is 48.5 Å². The van der Waals surface area contributed by atoms with E-state index in [-0.39, 0.29) is 5.82 Å². The second-order valence-electron chi connectivity index (χ2n) is 4.40. The van der Waals surface area contributed by atoms with E-state index >= 15 is 0 Å². The minimum absolute atomic E-state index is 0.167. The van der Waals surface area contributed by atoms with Gasteiger partial charge in [-0.25, -0.2) is 4.39 Å². The number of benzene rings is 2. The van der Waals surface area contributed by atoms with Crippen molar-refractivity contribution < 1.29 is 9.13 Å². The van der Waals surface area contributed by atoms with Crippen LogP contribution in [0.3, 0.4) is 0 Å². The summed E-state index contributed by atoms with van der Waals surface area (Å²) in [5.74, 6) is -0.167. The number of hydrogen-bond acceptors (Lipinski definition) is 2. The van der Waals surface area contributed by atoms with E-state index in [0.717, 1.165) is 5.56 Å². The van der Waals surface area contributed by atoms with Crippen LogP contribution < -0.4 is 5.32 Å². The Bertz CT molecular complexity index is 528. The lowest BCUT2D eigenvalue weighted by atomic mass is 10.1. The normalized spacial score (nSPS) is 10.6. The summed E-state index contributed by atoms with van der Waals surface area (Å²) in [4.78, 5) is 0. The molecule has 0 atom stereocenters. The van der Waals surface area contributed by atoms with Crippen LogP contribution >= 0.6 is 0 Å². The first-order valence-corrected chi connectivity index (χ1v) is 6.31. The standard InChI is InChI=1S/C16H18FNO/c1-19-12-15-8-3-2-6-13(15)10-18-11-14-7-4-5-9-16(14)17/h2-9,18H,10-12H2,1H3. The summed E-state index contributed by atoms with van der Waals surface area (Å²) in [7, 11) is 1.68. The highest BCUT2D eigenvalue weighted by Crippen LogP contribution is 2.11. The Labute approximate surface area is 113 Å². The van der Waals surface area contributed by atoms with Crippen molar-refractivity contribution in [3.63, 3.8) is 0 Å². The second kappa shape index (κ2) is 7.02. The summed E-state index contributed by atoms with van der Waals surface area (Å²) in [6.45, 7) is 1.82. The largest absolute Gasteiger partial charge is 0.380 e. The molecule has 0 bridgehead atoms. The molecular formula is C16H18FNO. The van der Waals surface area contributed by atoms with Crippen molar-refractivity contribution in [2.45, 2.75) is 19.7 Å². The lowest BCUT2D eigenvalue weighted by Gasteiger charge is -2.10. The van der Waals surface area contributed by atoms with Gasteiger partial charge in [-0.3, -0.25) is 0 Å². The highest BCUT2D eigenvalue weighted by molar-refractivity contribution is 5.26. The van der Waals surface area contributed by atoms with Crippen molar-refractivity contribution in [3.05, 3.63) is 71.0 Å². The molecule has 0 aliphatic rings. The van der Waals surface area contributed by atoms with Crippen molar-refractivity contribution in [1.29, 1.82) is 0 Å². The van der Waals surface area contributed by atoms with Gasteiger partial charge in [0, 0.05) is 25.8 Å². The first-order valence-electron chi connectivity index (χ1n) is 6.31. The maximum atomic E-state index is 13.5. The maximum absolute atomic E-state index is 13.5. The second-order valence-corrected chi connectivity index (χ2v) is 4.40. The minimum Gasteiger partial charge on any atom is -0.380 e. The van der Waals surface area contributed by atoms with Gasteiger partial charge in [0.25, 0.3) is 0 Å². The van der Waals surface area contributed by atoms with Crippen LogP contribution in [0.4, 0.5) is 4.39 Å². The van der Waals surface area contributed by atoms with Crippen molar-refractivity contribution in [1.82, 2.24) is 5.32 Å². The number of halogens is 1. The summed E-state index contributed by atoms with van der Waals surface area (Å²) in [6.07, 6.45) is 0. The Morgan fingerprint density at radius 3 is 2.16 bits per heavy atom. The predicted molar refractivity (Wildman–Crippen MR) is 74.1 cm³/mol. The fourth-order valence-electron chi connectivity index (χ4n) is 2.00. The Hall–Kier alpha value is -1.71. The molecule has 1 N–H and O–H groups in total. The molecule has 2 aromatic rings. The summed E-state index contributed by atoms with van der Waals surface area (Å²) in [5, 5.41) is 3.26. The van der Waals surface area contributed by atoms with Crippen LogP contribution in [-0.4, -0.2) is 7.11 Å². The molecule has 0 heterocycles. The average molecular weight is 259 g/mol. The van der Waals surface area contributed by atoms with Gasteiger partial charge < -0.3 is 10.1 Å². The summed E-state index contributed by atoms with van der Waals surface area (Å²) < 4.78 is 18.6. The molecule has 2 nitrogen and oxygen atoms in total. The molecule has 0 spiro atoms. The Kier molecular flexibility index (Phi) is 5.07. The van der Waals surface area contributed by atoms with Gasteiger partial charge in [-0.05, 0) is 17.2 Å².